The summed E-state index contributed by atoms with van der Waals surface area (Å²) < 4.78 is 25.3. The van der Waals surface area contributed by atoms with Crippen LogP contribution in [0.15, 0.2) is 64.7 Å². The number of hydrazone groups is 1. The van der Waals surface area contributed by atoms with Crippen molar-refractivity contribution in [3.8, 4) is 0 Å². The van der Waals surface area contributed by atoms with Gasteiger partial charge in [0.2, 0.25) is 5.95 Å². The molecule has 38 heavy (non-hydrogen) atoms. The number of hydrogen-bond donors (Lipinski definition) is 2. The summed E-state index contributed by atoms with van der Waals surface area (Å²) in [5, 5.41) is 7.70. The van der Waals surface area contributed by atoms with E-state index in [0.29, 0.717) is 44.0 Å². The van der Waals surface area contributed by atoms with Gasteiger partial charge in [0.05, 0.1) is 49.3 Å². The number of rotatable bonds is 7. The van der Waals surface area contributed by atoms with Crippen molar-refractivity contribution in [2.24, 2.45) is 11.0 Å². The number of aromatic nitrogens is 3. The summed E-state index contributed by atoms with van der Waals surface area (Å²) >= 11 is 0. The Morgan fingerprint density at radius 3 is 2.79 bits per heavy atom. The summed E-state index contributed by atoms with van der Waals surface area (Å²) in [5.74, 6) is 0.507. The first-order chi connectivity index (χ1) is 18.5. The van der Waals surface area contributed by atoms with Crippen molar-refractivity contribution in [2.75, 3.05) is 48.6 Å². The second-order valence-electron chi connectivity index (χ2n) is 9.80. The molecule has 2 aromatic rings. The molecule has 0 saturated carbocycles. The van der Waals surface area contributed by atoms with Gasteiger partial charge >= 0.3 is 0 Å². The van der Waals surface area contributed by atoms with Gasteiger partial charge in [0.15, 0.2) is 11.6 Å². The standard InChI is InChI=1S/C28H34FN7O2/c1-19-3-4-23(15-22(13-19)21-7-10-38-20(2)14-21)33-25-6-5-24(30-16-25)17-32-35-28-31-18-26(29)27(34-28)36-8-11-37-12-9-36/h3,5-6,13,15-18,20-21,33H,4,7-12,14H2,1-2H3,(H,31,34,35)/b32-17+. The Hall–Kier alpha value is -3.63. The predicted octanol–water partition coefficient (Wildman–Crippen LogP) is 4.68. The number of pyridine rings is 1. The Balaban J connectivity index is 1.20. The molecule has 200 valence electrons. The molecule has 2 fully saturated rings. The highest BCUT2D eigenvalue weighted by Gasteiger charge is 2.23. The number of halogens is 1. The fourth-order valence-electron chi connectivity index (χ4n) is 4.82. The molecule has 0 bridgehead atoms. The summed E-state index contributed by atoms with van der Waals surface area (Å²) in [7, 11) is 0. The maximum atomic E-state index is 14.2. The van der Waals surface area contributed by atoms with Gasteiger partial charge in [-0.15, -0.1) is 0 Å². The van der Waals surface area contributed by atoms with Crippen LogP contribution in [0.3, 0.4) is 0 Å². The third-order valence-electron chi connectivity index (χ3n) is 6.82. The predicted molar refractivity (Wildman–Crippen MR) is 147 cm³/mol. The fourth-order valence-corrected chi connectivity index (χ4v) is 4.82. The van der Waals surface area contributed by atoms with Gasteiger partial charge in [-0.25, -0.2) is 14.8 Å². The van der Waals surface area contributed by atoms with E-state index in [1.165, 1.54) is 11.1 Å². The summed E-state index contributed by atoms with van der Waals surface area (Å²) in [4.78, 5) is 14.6. The molecule has 5 rings (SSSR count). The Morgan fingerprint density at radius 1 is 1.13 bits per heavy atom. The third-order valence-corrected chi connectivity index (χ3v) is 6.82. The van der Waals surface area contributed by atoms with Crippen LogP contribution in [0.2, 0.25) is 0 Å². The van der Waals surface area contributed by atoms with Crippen LogP contribution in [0.1, 0.15) is 38.8 Å². The molecular formula is C28H34FN7O2. The van der Waals surface area contributed by atoms with Crippen molar-refractivity contribution in [2.45, 2.75) is 39.2 Å². The third kappa shape index (κ3) is 6.81. The number of allylic oxidation sites excluding steroid dienone is 5. The maximum absolute atomic E-state index is 14.2. The van der Waals surface area contributed by atoms with Crippen molar-refractivity contribution in [3.05, 3.63) is 71.1 Å². The molecule has 2 aromatic heterocycles. The number of anilines is 3. The number of morpholine rings is 1. The lowest BCUT2D eigenvalue weighted by atomic mass is 9.87. The first kappa shape index (κ1) is 26.0. The van der Waals surface area contributed by atoms with Crippen LogP contribution < -0.4 is 15.6 Å². The second-order valence-corrected chi connectivity index (χ2v) is 9.80. The van der Waals surface area contributed by atoms with E-state index < -0.39 is 5.82 Å². The molecule has 0 spiro atoms. The molecule has 10 heteroatoms. The quantitative estimate of drug-likeness (QED) is 0.402. The van der Waals surface area contributed by atoms with Gasteiger partial charge in [-0.2, -0.15) is 10.1 Å². The summed E-state index contributed by atoms with van der Waals surface area (Å²) in [5.41, 5.74) is 8.12. The van der Waals surface area contributed by atoms with Gasteiger partial charge in [0.1, 0.15) is 0 Å². The molecule has 2 N–H and O–H groups in total. The van der Waals surface area contributed by atoms with Gasteiger partial charge in [0.25, 0.3) is 0 Å². The van der Waals surface area contributed by atoms with Gasteiger partial charge < -0.3 is 19.7 Å². The molecule has 2 unspecified atom stereocenters. The van der Waals surface area contributed by atoms with Crippen LogP contribution in [0.25, 0.3) is 0 Å². The van der Waals surface area contributed by atoms with Crippen molar-refractivity contribution in [1.82, 2.24) is 15.0 Å². The van der Waals surface area contributed by atoms with E-state index in [2.05, 4.69) is 62.9 Å². The minimum atomic E-state index is -0.467. The van der Waals surface area contributed by atoms with E-state index in [-0.39, 0.29) is 11.8 Å². The minimum Gasteiger partial charge on any atom is -0.378 e. The van der Waals surface area contributed by atoms with Crippen LogP contribution in [0.4, 0.5) is 21.8 Å². The summed E-state index contributed by atoms with van der Waals surface area (Å²) in [6.45, 7) is 7.37. The van der Waals surface area contributed by atoms with Gasteiger partial charge in [-0.1, -0.05) is 17.7 Å². The first-order valence-corrected chi connectivity index (χ1v) is 13.1. The Kier molecular flexibility index (Phi) is 8.40. The Morgan fingerprint density at radius 2 is 2.00 bits per heavy atom. The Labute approximate surface area is 222 Å². The first-order valence-electron chi connectivity index (χ1n) is 13.1. The number of ether oxygens (including phenoxy) is 2. The van der Waals surface area contributed by atoms with E-state index in [4.69, 9.17) is 9.47 Å². The average molecular weight is 520 g/mol. The van der Waals surface area contributed by atoms with E-state index in [9.17, 15) is 4.39 Å². The summed E-state index contributed by atoms with van der Waals surface area (Å²) in [6.07, 6.45) is 14.6. The number of nitrogens with zero attached hydrogens (tertiary/aromatic N) is 5. The topological polar surface area (TPSA) is 96.8 Å². The molecule has 4 heterocycles. The molecular weight excluding hydrogens is 485 g/mol. The Bertz CT molecular complexity index is 1240. The fraction of sp³-hybridized carbons (Fsp3) is 0.429. The monoisotopic (exact) mass is 519 g/mol. The zero-order chi connectivity index (χ0) is 26.3. The van der Waals surface area contributed by atoms with Crippen LogP contribution in [-0.4, -0.2) is 60.2 Å². The molecule has 2 atom stereocenters. The van der Waals surface area contributed by atoms with Gasteiger partial charge in [-0.05, 0) is 56.4 Å². The molecule has 0 radical (unpaired) electrons. The van der Waals surface area contributed by atoms with E-state index >= 15 is 0 Å². The minimum absolute atomic E-state index is 0.217. The highest BCUT2D eigenvalue weighted by Crippen LogP contribution is 2.31. The number of nitrogens with one attached hydrogen (secondary N) is 2. The lowest BCUT2D eigenvalue weighted by molar-refractivity contribution is 0.0110. The molecule has 9 nitrogen and oxygen atoms in total. The SMILES string of the molecule is CC1=CCC(Nc2ccc(/C=N/Nc3ncc(F)c(N4CCOCC4)n3)nc2)=CC(C2CCOC(C)C2)=C1. The van der Waals surface area contributed by atoms with Crippen LogP contribution in [-0.2, 0) is 9.47 Å². The van der Waals surface area contributed by atoms with E-state index in [1.54, 1.807) is 12.4 Å². The molecule has 2 aliphatic heterocycles. The normalized spacial score (nSPS) is 22.4. The van der Waals surface area contributed by atoms with Crippen LogP contribution in [0.5, 0.6) is 0 Å². The van der Waals surface area contributed by atoms with Crippen molar-refractivity contribution < 1.29 is 13.9 Å². The second kappa shape index (κ2) is 12.3. The summed E-state index contributed by atoms with van der Waals surface area (Å²) in [6, 6.07) is 3.86. The highest BCUT2D eigenvalue weighted by atomic mass is 19.1. The number of hydrogen-bond acceptors (Lipinski definition) is 9. The van der Waals surface area contributed by atoms with E-state index in [0.717, 1.165) is 43.5 Å². The van der Waals surface area contributed by atoms with Gasteiger partial charge in [-0.3, -0.25) is 4.98 Å². The zero-order valence-corrected chi connectivity index (χ0v) is 21.9. The average Bonchev–Trinajstić information content (AvgIpc) is 3.12. The van der Waals surface area contributed by atoms with Crippen molar-refractivity contribution >= 4 is 23.7 Å². The van der Waals surface area contributed by atoms with E-state index in [1.807, 2.05) is 17.0 Å². The molecule has 3 aliphatic rings. The molecule has 0 aromatic carbocycles. The van der Waals surface area contributed by atoms with Crippen molar-refractivity contribution in [3.63, 3.8) is 0 Å². The van der Waals surface area contributed by atoms with Gasteiger partial charge in [0, 0.05) is 31.8 Å². The van der Waals surface area contributed by atoms with Crippen LogP contribution >= 0.6 is 0 Å². The lowest BCUT2D eigenvalue weighted by Crippen LogP contribution is -2.37. The highest BCUT2D eigenvalue weighted by molar-refractivity contribution is 5.78. The zero-order valence-electron chi connectivity index (χ0n) is 21.9. The molecule has 2 saturated heterocycles. The van der Waals surface area contributed by atoms with Crippen LogP contribution in [0, 0.1) is 11.7 Å². The smallest absolute Gasteiger partial charge is 0.245 e. The largest absolute Gasteiger partial charge is 0.378 e. The molecule has 1 aliphatic carbocycles. The van der Waals surface area contributed by atoms with Crippen molar-refractivity contribution in [1.29, 1.82) is 0 Å². The lowest BCUT2D eigenvalue weighted by Gasteiger charge is -2.28. The molecule has 0 amide bonds. The maximum Gasteiger partial charge on any atom is 0.245 e.